The first-order chi connectivity index (χ1) is 29.7. The Morgan fingerprint density at radius 1 is 0.508 bits per heavy atom. The van der Waals surface area contributed by atoms with Crippen molar-refractivity contribution < 1.29 is 23.2 Å². The molecule has 0 fully saturated rings. The highest BCUT2D eigenvalue weighted by Crippen LogP contribution is 2.34. The number of allylic oxidation sites excluding steroid dienone is 2. The first-order valence-electron chi connectivity index (χ1n) is 20.6. The van der Waals surface area contributed by atoms with E-state index in [-0.39, 0.29) is 17.5 Å². The number of halogens is 5. The third-order valence-electron chi connectivity index (χ3n) is 10.3. The Kier molecular flexibility index (Phi) is 18.5. The molecule has 330 valence electrons. The molecule has 0 saturated carbocycles. The van der Waals surface area contributed by atoms with Gasteiger partial charge in [0.05, 0.1) is 0 Å². The first kappa shape index (κ1) is 50.6. The summed E-state index contributed by atoms with van der Waals surface area (Å²) in [7, 11) is -1.52. The van der Waals surface area contributed by atoms with Crippen molar-refractivity contribution in [2.24, 2.45) is 0 Å². The summed E-state index contributed by atoms with van der Waals surface area (Å²) in [5.74, 6) is -0.793. The van der Waals surface area contributed by atoms with Crippen molar-refractivity contribution >= 4 is 61.5 Å². The second kappa shape index (κ2) is 23.0. The molecule has 0 aliphatic heterocycles. The van der Waals surface area contributed by atoms with E-state index in [1.54, 1.807) is 43.3 Å². The number of nitrogen functional groups attached to an aromatic ring is 1. The minimum absolute atomic E-state index is 0.202. The van der Waals surface area contributed by atoms with Crippen LogP contribution >= 0.6 is 31.9 Å². The van der Waals surface area contributed by atoms with E-state index in [0.717, 1.165) is 70.4 Å². The maximum absolute atomic E-state index is 14.5. The summed E-state index contributed by atoms with van der Waals surface area (Å²) in [5, 5.41) is 25.1. The molecular formula is C52H57BBr2F3N3O2. The van der Waals surface area contributed by atoms with E-state index in [0.29, 0.717) is 40.9 Å². The smallest absolute Gasteiger partial charge is 0.423 e. The summed E-state index contributed by atoms with van der Waals surface area (Å²) in [6.45, 7) is 21.1. The molecule has 0 saturated heterocycles. The standard InChI is InChI=1S/C19H23BFNO2.C19H21BrFN.C14H13BrFN/c1-12(2)7-8-22-15-5-6-16(19(21)11-15)17-9-14(4)18(20(23)24)10-13(17)3;1-12(2)7-8-22-15-5-6-16(19(21)11-15)17-9-14(4)18(20)10-13(17)3;1-8-6-13(15)9(2)5-12(8)11-4-3-10(17)7-14(11)16/h5-7,9-11,22-24H,8H2,1-4H3;5-7,9-11,22H,8H2,1-4H3;3-7H,17H2,1-2H3. The molecule has 0 heterocycles. The summed E-state index contributed by atoms with van der Waals surface area (Å²) in [6.07, 6.45) is 4.12. The maximum atomic E-state index is 14.5. The number of benzene rings is 6. The Labute approximate surface area is 388 Å². The average Bonchev–Trinajstić information content (AvgIpc) is 3.19. The lowest BCUT2D eigenvalue weighted by Gasteiger charge is -2.14. The zero-order valence-corrected chi connectivity index (χ0v) is 40.8. The van der Waals surface area contributed by atoms with Gasteiger partial charge in [0.1, 0.15) is 17.5 Å². The van der Waals surface area contributed by atoms with E-state index < -0.39 is 7.12 Å². The predicted molar refractivity (Wildman–Crippen MR) is 269 cm³/mol. The van der Waals surface area contributed by atoms with Gasteiger partial charge in [0.25, 0.3) is 0 Å². The molecule has 0 spiro atoms. The number of nitrogens with two attached hydrogens (primary N) is 1. The van der Waals surface area contributed by atoms with Gasteiger partial charge < -0.3 is 26.4 Å². The topological polar surface area (TPSA) is 90.5 Å². The minimum Gasteiger partial charge on any atom is -0.423 e. The van der Waals surface area contributed by atoms with Gasteiger partial charge in [-0.2, -0.15) is 0 Å². The molecule has 0 amide bonds. The van der Waals surface area contributed by atoms with Gasteiger partial charge in [0.15, 0.2) is 0 Å². The van der Waals surface area contributed by atoms with E-state index >= 15 is 0 Å². The van der Waals surface area contributed by atoms with Crippen molar-refractivity contribution in [2.45, 2.75) is 69.2 Å². The van der Waals surface area contributed by atoms with Crippen molar-refractivity contribution in [1.82, 2.24) is 0 Å². The molecule has 6 aromatic rings. The Hall–Kier alpha value is -5.07. The van der Waals surface area contributed by atoms with E-state index in [1.807, 2.05) is 111 Å². The van der Waals surface area contributed by atoms with Crippen LogP contribution in [0, 0.1) is 59.0 Å². The van der Waals surface area contributed by atoms with Crippen LogP contribution in [0.2, 0.25) is 0 Å². The van der Waals surface area contributed by atoms with Gasteiger partial charge in [0, 0.05) is 55.8 Å². The van der Waals surface area contributed by atoms with Crippen LogP contribution in [0.1, 0.15) is 61.1 Å². The predicted octanol–water partition coefficient (Wildman–Crippen LogP) is 13.9. The van der Waals surface area contributed by atoms with Crippen LogP contribution in [0.15, 0.2) is 123 Å². The zero-order chi connectivity index (χ0) is 46.7. The summed E-state index contributed by atoms with van der Waals surface area (Å²) < 4.78 is 44.9. The van der Waals surface area contributed by atoms with Crippen LogP contribution in [-0.2, 0) is 0 Å². The molecule has 0 unspecified atom stereocenters. The Morgan fingerprint density at radius 3 is 1.24 bits per heavy atom. The van der Waals surface area contributed by atoms with Gasteiger partial charge in [-0.15, -0.1) is 0 Å². The minimum atomic E-state index is -1.52. The lowest BCUT2D eigenvalue weighted by molar-refractivity contribution is 0.425. The molecular weight excluding hydrogens is 926 g/mol. The molecule has 0 bridgehead atoms. The highest BCUT2D eigenvalue weighted by atomic mass is 79.9. The van der Waals surface area contributed by atoms with E-state index in [1.165, 1.54) is 23.3 Å². The molecule has 6 rings (SSSR count). The monoisotopic (exact) mass is 981 g/mol. The second-order valence-electron chi connectivity index (χ2n) is 16.2. The largest absolute Gasteiger partial charge is 0.488 e. The third kappa shape index (κ3) is 14.2. The lowest BCUT2D eigenvalue weighted by atomic mass is 9.75. The normalized spacial score (nSPS) is 10.5. The third-order valence-corrected chi connectivity index (χ3v) is 12.0. The number of aryl methyl sites for hydroxylation is 6. The molecule has 11 heteroatoms. The van der Waals surface area contributed by atoms with Crippen molar-refractivity contribution in [3.8, 4) is 33.4 Å². The average molecular weight is 984 g/mol. The van der Waals surface area contributed by atoms with Crippen molar-refractivity contribution in [2.75, 3.05) is 29.5 Å². The number of nitrogens with one attached hydrogen (secondary N) is 2. The van der Waals surface area contributed by atoms with Gasteiger partial charge in [-0.1, -0.05) is 72.9 Å². The zero-order valence-electron chi connectivity index (χ0n) is 37.7. The summed E-state index contributed by atoms with van der Waals surface area (Å²) in [4.78, 5) is 0. The van der Waals surface area contributed by atoms with Crippen LogP contribution in [0.5, 0.6) is 0 Å². The van der Waals surface area contributed by atoms with Crippen molar-refractivity contribution in [1.29, 1.82) is 0 Å². The van der Waals surface area contributed by atoms with Gasteiger partial charge in [-0.05, 0) is 198 Å². The molecule has 5 nitrogen and oxygen atoms in total. The fraction of sp³-hybridized carbons (Fsp3) is 0.231. The van der Waals surface area contributed by atoms with Crippen LogP contribution in [-0.4, -0.2) is 30.3 Å². The molecule has 0 atom stereocenters. The molecule has 6 N–H and O–H groups in total. The van der Waals surface area contributed by atoms with Crippen LogP contribution in [0.4, 0.5) is 30.2 Å². The van der Waals surface area contributed by atoms with Crippen molar-refractivity contribution in [3.05, 3.63) is 174 Å². The highest BCUT2D eigenvalue weighted by Gasteiger charge is 2.18. The van der Waals surface area contributed by atoms with E-state index in [2.05, 4.69) is 48.6 Å². The molecule has 0 aromatic heterocycles. The number of hydrogen-bond donors (Lipinski definition) is 5. The van der Waals surface area contributed by atoms with Crippen LogP contribution in [0.25, 0.3) is 33.4 Å². The van der Waals surface area contributed by atoms with Gasteiger partial charge >= 0.3 is 7.12 Å². The fourth-order valence-electron chi connectivity index (χ4n) is 6.73. The molecule has 0 aliphatic rings. The quantitative estimate of drug-likeness (QED) is 0.0536. The molecule has 0 radical (unpaired) electrons. The van der Waals surface area contributed by atoms with E-state index in [4.69, 9.17) is 5.73 Å². The van der Waals surface area contributed by atoms with E-state index in [9.17, 15) is 23.2 Å². The lowest BCUT2D eigenvalue weighted by Crippen LogP contribution is -2.32. The highest BCUT2D eigenvalue weighted by molar-refractivity contribution is 9.10. The SMILES string of the molecule is CC(C)=CCNc1ccc(-c2cc(C)c(B(O)O)cc2C)c(F)c1.CC(C)=CCNc1ccc(-c2cc(C)c(Br)cc2C)c(F)c1.Cc1cc(-c2ccc(N)cc2F)c(C)cc1Br. The summed E-state index contributed by atoms with van der Waals surface area (Å²) >= 11 is 6.98. The van der Waals surface area contributed by atoms with Crippen molar-refractivity contribution in [3.63, 3.8) is 0 Å². The second-order valence-corrected chi connectivity index (χ2v) is 17.9. The fourth-order valence-corrected chi connectivity index (χ4v) is 7.65. The Balaban J connectivity index is 0.000000210. The molecule has 0 aliphatic carbocycles. The number of rotatable bonds is 10. The van der Waals surface area contributed by atoms with Gasteiger partial charge in [0.2, 0.25) is 0 Å². The summed E-state index contributed by atoms with van der Waals surface area (Å²) in [6, 6.07) is 26.7. The summed E-state index contributed by atoms with van der Waals surface area (Å²) in [5.41, 5.74) is 20.5. The number of hydrogen-bond acceptors (Lipinski definition) is 5. The first-order valence-corrected chi connectivity index (χ1v) is 22.2. The Morgan fingerprint density at radius 2 is 0.873 bits per heavy atom. The molecule has 63 heavy (non-hydrogen) atoms. The van der Waals surface area contributed by atoms with Crippen LogP contribution in [0.3, 0.4) is 0 Å². The van der Waals surface area contributed by atoms with Gasteiger partial charge in [-0.25, -0.2) is 13.2 Å². The Bertz CT molecular complexity index is 2640. The molecule has 6 aromatic carbocycles. The van der Waals surface area contributed by atoms with Crippen LogP contribution < -0.4 is 21.8 Å². The van der Waals surface area contributed by atoms with Gasteiger partial charge in [-0.3, -0.25) is 0 Å². The number of anilines is 3. The maximum Gasteiger partial charge on any atom is 0.488 e.